The van der Waals surface area contributed by atoms with E-state index in [-0.39, 0.29) is 6.04 Å². The van der Waals surface area contributed by atoms with Crippen molar-refractivity contribution in [3.05, 3.63) is 48.3 Å². The Morgan fingerprint density at radius 2 is 2.06 bits per heavy atom. The van der Waals surface area contributed by atoms with Crippen molar-refractivity contribution in [2.24, 2.45) is 0 Å². The van der Waals surface area contributed by atoms with Crippen molar-refractivity contribution in [2.75, 3.05) is 44.0 Å². The highest BCUT2D eigenvalue weighted by Gasteiger charge is 2.23. The molecule has 9 heteroatoms. The highest BCUT2D eigenvalue weighted by Crippen LogP contribution is 2.35. The van der Waals surface area contributed by atoms with Gasteiger partial charge in [-0.25, -0.2) is 19.4 Å². The number of nitrogens with one attached hydrogen (secondary N) is 3. The maximum Gasteiger partial charge on any atom is 0.130 e. The molecular weight excluding hydrogens is 412 g/mol. The van der Waals surface area contributed by atoms with Gasteiger partial charge in [0.2, 0.25) is 0 Å². The summed E-state index contributed by atoms with van der Waals surface area (Å²) < 4.78 is 25.9. The van der Waals surface area contributed by atoms with Gasteiger partial charge in [-0.2, -0.15) is 0 Å². The summed E-state index contributed by atoms with van der Waals surface area (Å²) in [5, 5.41) is 1.00. The van der Waals surface area contributed by atoms with Gasteiger partial charge >= 0.3 is 0 Å². The number of benzene rings is 1. The van der Waals surface area contributed by atoms with Gasteiger partial charge in [0.25, 0.3) is 0 Å². The van der Waals surface area contributed by atoms with Crippen LogP contribution in [-0.4, -0.2) is 53.3 Å². The first-order valence-corrected chi connectivity index (χ1v) is 12.4. The predicted octanol–water partition coefficient (Wildman–Crippen LogP) is 2.71. The minimum absolute atomic E-state index is 0.0953. The zero-order valence-electron chi connectivity index (χ0n) is 17.4. The van der Waals surface area contributed by atoms with Crippen LogP contribution >= 0.6 is 0 Å². The van der Waals surface area contributed by atoms with Gasteiger partial charge in [0, 0.05) is 42.4 Å². The summed E-state index contributed by atoms with van der Waals surface area (Å²) in [6.07, 6.45) is 4.22. The van der Waals surface area contributed by atoms with Crippen molar-refractivity contribution in [2.45, 2.75) is 17.4 Å². The molecule has 3 aromatic rings. The summed E-state index contributed by atoms with van der Waals surface area (Å²) in [5.41, 5.74) is 10.2. The average molecular weight is 439 g/mol. The lowest BCUT2D eigenvalue weighted by atomic mass is 9.99. The molecule has 2 fully saturated rings. The summed E-state index contributed by atoms with van der Waals surface area (Å²) in [4.78, 5) is 12.5. The third-order valence-corrected chi connectivity index (χ3v) is 6.99. The van der Waals surface area contributed by atoms with Crippen LogP contribution in [0, 0.1) is 4.78 Å². The van der Waals surface area contributed by atoms with E-state index in [1.54, 1.807) is 6.07 Å². The van der Waals surface area contributed by atoms with Crippen LogP contribution in [0.5, 0.6) is 0 Å². The first-order valence-electron chi connectivity index (χ1n) is 10.5. The first-order chi connectivity index (χ1) is 15.0. The molecule has 0 aliphatic carbocycles. The third-order valence-electron chi connectivity index (χ3n) is 5.84. The van der Waals surface area contributed by atoms with Crippen molar-refractivity contribution in [3.8, 4) is 11.1 Å². The Hall–Kier alpha value is -2.59. The van der Waals surface area contributed by atoms with Crippen molar-refractivity contribution in [1.29, 1.82) is 4.78 Å². The number of morpholine rings is 1. The largest absolute Gasteiger partial charge is 0.378 e. The van der Waals surface area contributed by atoms with Crippen LogP contribution in [0.25, 0.3) is 22.0 Å². The van der Waals surface area contributed by atoms with Gasteiger partial charge < -0.3 is 9.64 Å². The van der Waals surface area contributed by atoms with Crippen molar-refractivity contribution in [1.82, 2.24) is 20.8 Å². The molecule has 2 aliphatic heterocycles. The van der Waals surface area contributed by atoms with E-state index >= 15 is 0 Å². The van der Waals surface area contributed by atoms with Gasteiger partial charge in [0.15, 0.2) is 0 Å². The zero-order valence-corrected chi connectivity index (χ0v) is 18.2. The molecule has 0 saturated carbocycles. The summed E-state index contributed by atoms with van der Waals surface area (Å²) >= 11 is 0. The van der Waals surface area contributed by atoms with Gasteiger partial charge in [0.05, 0.1) is 40.2 Å². The number of pyridine rings is 2. The first kappa shape index (κ1) is 20.3. The second kappa shape index (κ2) is 8.16. The van der Waals surface area contributed by atoms with E-state index in [4.69, 9.17) is 14.5 Å². The Balaban J connectivity index is 1.73. The molecule has 2 aromatic heterocycles. The molecule has 4 heterocycles. The third kappa shape index (κ3) is 4.01. The van der Waals surface area contributed by atoms with Crippen LogP contribution in [0.2, 0.25) is 0 Å². The van der Waals surface area contributed by atoms with Crippen molar-refractivity contribution in [3.63, 3.8) is 0 Å². The molecule has 8 nitrogen and oxygen atoms in total. The molecule has 0 spiro atoms. The smallest absolute Gasteiger partial charge is 0.130 e. The van der Waals surface area contributed by atoms with Crippen LogP contribution in [-0.2, 0) is 14.5 Å². The van der Waals surface area contributed by atoms with Crippen LogP contribution in [0.3, 0.4) is 0 Å². The van der Waals surface area contributed by atoms with Crippen molar-refractivity contribution >= 4 is 26.4 Å². The van der Waals surface area contributed by atoms with E-state index in [1.807, 2.05) is 30.5 Å². The fourth-order valence-corrected chi connectivity index (χ4v) is 4.89. The highest BCUT2D eigenvalue weighted by molar-refractivity contribution is 7.91. The maximum atomic E-state index is 12.4. The highest BCUT2D eigenvalue weighted by atomic mass is 32.2. The summed E-state index contributed by atoms with van der Waals surface area (Å²) in [7, 11) is -2.81. The van der Waals surface area contributed by atoms with Gasteiger partial charge in [-0.15, -0.1) is 0 Å². The zero-order chi connectivity index (χ0) is 21.4. The van der Waals surface area contributed by atoms with Crippen LogP contribution in [0.1, 0.15) is 18.2 Å². The lowest BCUT2D eigenvalue weighted by Crippen LogP contribution is -2.36. The summed E-state index contributed by atoms with van der Waals surface area (Å²) in [5.74, 6) is 0.888. The number of hydrazine groups is 1. The number of hydrogen-bond donors (Lipinski definition) is 3. The average Bonchev–Trinajstić information content (AvgIpc) is 3.33. The van der Waals surface area contributed by atoms with Gasteiger partial charge in [-0.05, 0) is 41.8 Å². The Morgan fingerprint density at radius 1 is 1.23 bits per heavy atom. The van der Waals surface area contributed by atoms with E-state index in [9.17, 15) is 4.21 Å². The predicted molar refractivity (Wildman–Crippen MR) is 122 cm³/mol. The topological polar surface area (TPSA) is 103 Å². The summed E-state index contributed by atoms with van der Waals surface area (Å²) in [6.45, 7) is 3.80. The Labute approximate surface area is 182 Å². The standard InChI is InChI=1S/C22H26N6O2S/c1-31(23,29)16-4-2-3-15(13-16)18-14-20(28-9-11-30-12-10-28)26-21-17(18)5-7-24-22(21)19-6-8-25-27-19/h2-5,7,13-14,19,23,25,27H,6,8-12H2,1H3. The van der Waals surface area contributed by atoms with Crippen LogP contribution in [0.15, 0.2) is 47.5 Å². The molecule has 31 heavy (non-hydrogen) atoms. The quantitative estimate of drug-likeness (QED) is 0.575. The molecular formula is C22H26N6O2S. The van der Waals surface area contributed by atoms with Crippen LogP contribution < -0.4 is 15.8 Å². The molecule has 162 valence electrons. The molecule has 0 bridgehead atoms. The normalized spacial score (nSPS) is 21.3. The molecule has 2 unspecified atom stereocenters. The Kier molecular flexibility index (Phi) is 5.35. The number of nitrogens with zero attached hydrogens (tertiary/aromatic N) is 3. The van der Waals surface area contributed by atoms with Gasteiger partial charge in [-0.1, -0.05) is 12.1 Å². The second-order valence-corrected chi connectivity index (χ2v) is 10.2. The van der Waals surface area contributed by atoms with E-state index < -0.39 is 9.73 Å². The Bertz CT molecular complexity index is 1220. The van der Waals surface area contributed by atoms with E-state index in [0.29, 0.717) is 18.1 Å². The number of anilines is 1. The monoisotopic (exact) mass is 438 g/mol. The fraction of sp³-hybridized carbons (Fsp3) is 0.364. The molecule has 0 radical (unpaired) electrons. The minimum Gasteiger partial charge on any atom is -0.378 e. The van der Waals surface area contributed by atoms with Crippen molar-refractivity contribution < 1.29 is 8.95 Å². The minimum atomic E-state index is -2.81. The number of ether oxygens (including phenoxy) is 1. The lowest BCUT2D eigenvalue weighted by Gasteiger charge is -2.29. The van der Waals surface area contributed by atoms with Gasteiger partial charge in [-0.3, -0.25) is 10.4 Å². The maximum absolute atomic E-state index is 12.4. The van der Waals surface area contributed by atoms with E-state index in [1.165, 1.54) is 6.26 Å². The molecule has 2 aliphatic rings. The second-order valence-electron chi connectivity index (χ2n) is 8.00. The van der Waals surface area contributed by atoms with Crippen LogP contribution in [0.4, 0.5) is 5.82 Å². The molecule has 5 rings (SSSR count). The van der Waals surface area contributed by atoms with E-state index in [0.717, 1.165) is 59.6 Å². The number of fused-ring (bicyclic) bond motifs is 1. The van der Waals surface area contributed by atoms with Gasteiger partial charge in [0.1, 0.15) is 5.82 Å². The lowest BCUT2D eigenvalue weighted by molar-refractivity contribution is 0.122. The summed E-state index contributed by atoms with van der Waals surface area (Å²) in [6, 6.07) is 11.7. The molecule has 2 saturated heterocycles. The number of hydrogen-bond acceptors (Lipinski definition) is 8. The molecule has 3 N–H and O–H groups in total. The number of rotatable bonds is 4. The fourth-order valence-electron chi connectivity index (χ4n) is 4.20. The SMILES string of the molecule is CS(=N)(=O)c1cccc(-c2cc(N3CCOCC3)nc3c(C4CCNN4)nccc23)c1. The molecule has 1 aromatic carbocycles. The Morgan fingerprint density at radius 3 is 2.81 bits per heavy atom. The molecule has 0 amide bonds. The van der Waals surface area contributed by atoms with E-state index in [2.05, 4.69) is 26.8 Å². The molecule has 2 atom stereocenters. The number of aromatic nitrogens is 2.